The average molecular weight is 434 g/mol. The Balaban J connectivity index is 2.22. The molecular formula is C18H35N5O7. The van der Waals surface area contributed by atoms with Crippen LogP contribution in [-0.4, -0.2) is 109 Å². The van der Waals surface area contributed by atoms with Gasteiger partial charge in [0.05, 0.1) is 36.9 Å². The van der Waals surface area contributed by atoms with E-state index in [1.807, 2.05) is 6.92 Å². The van der Waals surface area contributed by atoms with Gasteiger partial charge in [0.2, 0.25) is 12.3 Å². The number of likely N-dealkylation sites (N-methyl/N-ethyl adjacent to an activating group) is 1. The molecule has 1 heterocycles. The number of nitrogens with two attached hydrogens (primary N) is 3. The standard InChI is InChI=1S/C18H35N5O7/c1-8(19)10-5-4-9(20)18(29-10)30-16-12(21)14(26)17(28-3)13(15(16)27)23(2)11(25)6-22-7-24/h7-10,12-18,26-27H,4-6,19-21H2,1-3H3,(H,22,24)/t8?,9-,10+,12+,13+,14-,15+,16-,17-,18-/m1/s1. The van der Waals surface area contributed by atoms with Gasteiger partial charge in [-0.1, -0.05) is 0 Å². The Morgan fingerprint density at radius 1 is 1.30 bits per heavy atom. The molecular weight excluding hydrogens is 398 g/mol. The molecule has 2 rings (SSSR count). The Hall–Kier alpha value is -1.38. The van der Waals surface area contributed by atoms with Crippen molar-refractivity contribution in [2.24, 2.45) is 17.2 Å². The quantitative estimate of drug-likeness (QED) is 0.207. The Morgan fingerprint density at radius 2 is 1.97 bits per heavy atom. The van der Waals surface area contributed by atoms with Crippen molar-refractivity contribution in [3.05, 3.63) is 0 Å². The van der Waals surface area contributed by atoms with Gasteiger partial charge in [0.25, 0.3) is 0 Å². The molecule has 2 fully saturated rings. The van der Waals surface area contributed by atoms with Crippen LogP contribution < -0.4 is 22.5 Å². The van der Waals surface area contributed by atoms with Gasteiger partial charge in [-0.25, -0.2) is 0 Å². The minimum absolute atomic E-state index is 0.237. The highest BCUT2D eigenvalue weighted by atomic mass is 16.7. The molecule has 0 bridgehead atoms. The number of ether oxygens (including phenoxy) is 3. The van der Waals surface area contributed by atoms with Crippen molar-refractivity contribution < 1.29 is 34.0 Å². The van der Waals surface area contributed by atoms with Crippen LogP contribution in [0.15, 0.2) is 0 Å². The van der Waals surface area contributed by atoms with Gasteiger partial charge in [-0.2, -0.15) is 0 Å². The zero-order valence-electron chi connectivity index (χ0n) is 17.6. The number of rotatable bonds is 8. The predicted molar refractivity (Wildman–Crippen MR) is 106 cm³/mol. The number of hydrogen-bond donors (Lipinski definition) is 6. The summed E-state index contributed by atoms with van der Waals surface area (Å²) in [6, 6.07) is -2.71. The number of aliphatic hydroxyl groups excluding tert-OH is 2. The first-order chi connectivity index (χ1) is 14.1. The first kappa shape index (κ1) is 24.9. The summed E-state index contributed by atoms with van der Waals surface area (Å²) in [6.07, 6.45) is -4.09. The molecule has 174 valence electrons. The molecule has 1 saturated heterocycles. The van der Waals surface area contributed by atoms with E-state index < -0.39 is 54.7 Å². The van der Waals surface area contributed by atoms with Crippen molar-refractivity contribution in [2.75, 3.05) is 20.7 Å². The van der Waals surface area contributed by atoms with Gasteiger partial charge in [-0.05, 0) is 19.8 Å². The third-order valence-corrected chi connectivity index (χ3v) is 5.90. The fraction of sp³-hybridized carbons (Fsp3) is 0.889. The van der Waals surface area contributed by atoms with Crippen LogP contribution in [0.1, 0.15) is 19.8 Å². The van der Waals surface area contributed by atoms with E-state index in [0.29, 0.717) is 19.3 Å². The molecule has 1 unspecified atom stereocenters. The second-order valence-electron chi connectivity index (χ2n) is 8.00. The molecule has 0 radical (unpaired) electrons. The summed E-state index contributed by atoms with van der Waals surface area (Å²) in [7, 11) is 2.78. The van der Waals surface area contributed by atoms with E-state index in [1.54, 1.807) is 0 Å². The van der Waals surface area contributed by atoms with Crippen LogP contribution in [0.5, 0.6) is 0 Å². The van der Waals surface area contributed by atoms with Crippen molar-refractivity contribution in [3.8, 4) is 0 Å². The fourth-order valence-electron chi connectivity index (χ4n) is 4.06. The number of aliphatic hydroxyl groups is 2. The van der Waals surface area contributed by atoms with Gasteiger partial charge >= 0.3 is 0 Å². The van der Waals surface area contributed by atoms with Gasteiger partial charge in [0, 0.05) is 20.2 Å². The van der Waals surface area contributed by atoms with Crippen LogP contribution in [0.3, 0.4) is 0 Å². The van der Waals surface area contributed by atoms with Crippen LogP contribution >= 0.6 is 0 Å². The lowest BCUT2D eigenvalue weighted by molar-refractivity contribution is -0.267. The fourth-order valence-corrected chi connectivity index (χ4v) is 4.06. The number of amides is 2. The monoisotopic (exact) mass is 433 g/mol. The molecule has 2 aliphatic rings. The summed E-state index contributed by atoms with van der Waals surface area (Å²) in [4.78, 5) is 24.1. The van der Waals surface area contributed by atoms with Crippen molar-refractivity contribution >= 4 is 12.3 Å². The molecule has 0 spiro atoms. The molecule has 12 nitrogen and oxygen atoms in total. The van der Waals surface area contributed by atoms with Crippen LogP contribution in [-0.2, 0) is 23.8 Å². The Kier molecular flexibility index (Phi) is 8.94. The first-order valence-electron chi connectivity index (χ1n) is 10.0. The van der Waals surface area contributed by atoms with Crippen molar-refractivity contribution in [2.45, 2.75) is 80.7 Å². The van der Waals surface area contributed by atoms with E-state index in [4.69, 9.17) is 31.4 Å². The summed E-state index contributed by atoms with van der Waals surface area (Å²) in [6.45, 7) is 1.54. The van der Waals surface area contributed by atoms with E-state index >= 15 is 0 Å². The first-order valence-corrected chi connectivity index (χ1v) is 10.0. The third-order valence-electron chi connectivity index (χ3n) is 5.90. The van der Waals surface area contributed by atoms with Crippen LogP contribution in [0.4, 0.5) is 0 Å². The molecule has 9 N–H and O–H groups in total. The maximum absolute atomic E-state index is 12.4. The van der Waals surface area contributed by atoms with Gasteiger partial charge in [0.15, 0.2) is 6.29 Å². The van der Waals surface area contributed by atoms with Gasteiger partial charge in [-0.15, -0.1) is 0 Å². The van der Waals surface area contributed by atoms with E-state index in [9.17, 15) is 19.8 Å². The van der Waals surface area contributed by atoms with Crippen molar-refractivity contribution in [1.29, 1.82) is 0 Å². The second kappa shape index (κ2) is 10.8. The highest BCUT2D eigenvalue weighted by Gasteiger charge is 2.53. The molecule has 0 aromatic heterocycles. The molecule has 0 aromatic rings. The number of carbonyl (C=O) groups excluding carboxylic acids is 2. The summed E-state index contributed by atoms with van der Waals surface area (Å²) in [5.41, 5.74) is 18.2. The molecule has 1 aliphatic carbocycles. The highest BCUT2D eigenvalue weighted by molar-refractivity contribution is 5.80. The Bertz CT molecular complexity index is 583. The lowest BCUT2D eigenvalue weighted by atomic mass is 9.80. The molecule has 2 amide bonds. The Labute approximate surface area is 176 Å². The smallest absolute Gasteiger partial charge is 0.242 e. The predicted octanol–water partition coefficient (Wildman–Crippen LogP) is -3.80. The Morgan fingerprint density at radius 3 is 2.53 bits per heavy atom. The van der Waals surface area contributed by atoms with Crippen molar-refractivity contribution in [3.63, 3.8) is 0 Å². The van der Waals surface area contributed by atoms with Crippen LogP contribution in [0, 0.1) is 0 Å². The normalized spacial score (nSPS) is 40.5. The van der Waals surface area contributed by atoms with Gasteiger partial charge < -0.3 is 51.8 Å². The minimum atomic E-state index is -1.31. The van der Waals surface area contributed by atoms with Gasteiger partial charge in [0.1, 0.15) is 18.3 Å². The number of nitrogens with one attached hydrogen (secondary N) is 1. The molecule has 0 aromatic carbocycles. The molecule has 12 heteroatoms. The highest BCUT2D eigenvalue weighted by Crippen LogP contribution is 2.31. The second-order valence-corrected chi connectivity index (χ2v) is 8.00. The lowest BCUT2D eigenvalue weighted by Gasteiger charge is -2.50. The number of carbonyl (C=O) groups is 2. The minimum Gasteiger partial charge on any atom is -0.389 e. The van der Waals surface area contributed by atoms with E-state index in [0.717, 1.165) is 0 Å². The van der Waals surface area contributed by atoms with Crippen LogP contribution in [0.2, 0.25) is 0 Å². The van der Waals surface area contributed by atoms with E-state index in [-0.39, 0.29) is 18.7 Å². The maximum Gasteiger partial charge on any atom is 0.242 e. The average Bonchev–Trinajstić information content (AvgIpc) is 2.72. The number of nitrogens with zero attached hydrogens (tertiary/aromatic N) is 1. The molecule has 30 heavy (non-hydrogen) atoms. The number of hydrogen-bond acceptors (Lipinski definition) is 10. The SMILES string of the molecule is CO[C@H]1[C@H](O)[C@H](N)[C@@H](O[C@H]2O[C@H](C(C)N)CC[C@H]2N)[C@@H](O)[C@@H]1N(C)C(=O)CNC=O. The molecule has 1 aliphatic heterocycles. The van der Waals surface area contributed by atoms with E-state index in [1.165, 1.54) is 19.1 Å². The summed E-state index contributed by atoms with van der Waals surface area (Å²) in [5, 5.41) is 24.0. The molecule has 1 saturated carbocycles. The summed E-state index contributed by atoms with van der Waals surface area (Å²) < 4.78 is 17.2. The topological polar surface area (TPSA) is 196 Å². The van der Waals surface area contributed by atoms with Gasteiger partial charge in [-0.3, -0.25) is 9.59 Å². The van der Waals surface area contributed by atoms with E-state index in [2.05, 4.69) is 5.32 Å². The lowest BCUT2D eigenvalue weighted by Crippen LogP contribution is -2.72. The third kappa shape index (κ3) is 5.26. The zero-order valence-corrected chi connectivity index (χ0v) is 17.6. The summed E-state index contributed by atoms with van der Waals surface area (Å²) >= 11 is 0. The maximum atomic E-state index is 12.4. The van der Waals surface area contributed by atoms with Crippen LogP contribution in [0.25, 0.3) is 0 Å². The zero-order chi connectivity index (χ0) is 22.6. The molecule has 10 atom stereocenters. The largest absolute Gasteiger partial charge is 0.389 e. The summed E-state index contributed by atoms with van der Waals surface area (Å²) in [5.74, 6) is -0.489. The number of methoxy groups -OCH3 is 1. The van der Waals surface area contributed by atoms with Crippen molar-refractivity contribution in [1.82, 2.24) is 10.2 Å².